The lowest BCUT2D eigenvalue weighted by atomic mass is 10.0. The average molecular weight is 467 g/mol. The minimum atomic E-state index is -4.00. The molecular weight excluding hydrogens is 450 g/mol. The lowest BCUT2D eigenvalue weighted by Crippen LogP contribution is -2.36. The van der Waals surface area contributed by atoms with Crippen molar-refractivity contribution in [3.05, 3.63) is 98.3 Å². The van der Waals surface area contributed by atoms with E-state index in [2.05, 4.69) is 15.9 Å². The fraction of sp³-hybridized carbons (Fsp3) is 0.150. The first-order valence-corrected chi connectivity index (χ1v) is 10.9. The zero-order valence-electron chi connectivity index (χ0n) is 14.5. The van der Waals surface area contributed by atoms with Gasteiger partial charge in [0.25, 0.3) is 0 Å². The topological polar surface area (TPSA) is 61.1 Å². The highest BCUT2D eigenvalue weighted by Gasteiger charge is 2.37. The van der Waals surface area contributed by atoms with Crippen molar-refractivity contribution >= 4 is 37.4 Å². The van der Waals surface area contributed by atoms with Gasteiger partial charge < -0.3 is 5.21 Å². The molecule has 0 aliphatic carbocycles. The number of aromatic nitrogens is 1. The number of pyridine rings is 1. The Labute approximate surface area is 172 Å². The van der Waals surface area contributed by atoms with E-state index in [9.17, 15) is 13.6 Å². The zero-order valence-corrected chi connectivity index (χ0v) is 17.6. The Hall–Kier alpha value is -1.89. The fourth-order valence-corrected chi connectivity index (χ4v) is 5.96. The molecule has 0 aliphatic rings. The van der Waals surface area contributed by atoms with Crippen LogP contribution >= 0.6 is 27.5 Å². The summed E-state index contributed by atoms with van der Waals surface area (Å²) in [6.45, 7) is 1.62. The second-order valence-electron chi connectivity index (χ2n) is 6.21. The summed E-state index contributed by atoms with van der Waals surface area (Å²) in [5.41, 5.74) is 1.71. The van der Waals surface area contributed by atoms with E-state index in [4.69, 9.17) is 11.6 Å². The highest BCUT2D eigenvalue weighted by Crippen LogP contribution is 2.37. The lowest BCUT2D eigenvalue weighted by Gasteiger charge is -2.20. The van der Waals surface area contributed by atoms with Crippen LogP contribution in [0.2, 0.25) is 5.02 Å². The molecule has 3 rings (SSSR count). The summed E-state index contributed by atoms with van der Waals surface area (Å²) in [4.78, 5) is 0. The van der Waals surface area contributed by atoms with Crippen LogP contribution in [0.4, 0.5) is 0 Å². The van der Waals surface area contributed by atoms with Crippen LogP contribution in [0.15, 0.2) is 76.4 Å². The molecule has 1 heterocycles. The van der Waals surface area contributed by atoms with Gasteiger partial charge in [-0.25, -0.2) is 8.42 Å². The number of sulfone groups is 1. The van der Waals surface area contributed by atoms with Crippen molar-refractivity contribution in [2.75, 3.05) is 0 Å². The van der Waals surface area contributed by atoms with E-state index in [0.29, 0.717) is 20.9 Å². The van der Waals surface area contributed by atoms with Crippen LogP contribution in [0.5, 0.6) is 0 Å². The SMILES string of the molecule is Cc1ccc[n+]([O-])c1S(=O)(=O)C(Cc1ccccc1)c1ccc(Br)cc1Cl. The molecule has 7 heteroatoms. The molecule has 1 atom stereocenters. The van der Waals surface area contributed by atoms with E-state index in [1.54, 1.807) is 31.2 Å². The largest absolute Gasteiger partial charge is 0.618 e. The summed E-state index contributed by atoms with van der Waals surface area (Å²) < 4.78 is 28.2. The van der Waals surface area contributed by atoms with E-state index >= 15 is 0 Å². The monoisotopic (exact) mass is 465 g/mol. The van der Waals surface area contributed by atoms with Crippen molar-refractivity contribution in [3.63, 3.8) is 0 Å². The smallest absolute Gasteiger partial charge is 0.312 e. The van der Waals surface area contributed by atoms with Crippen molar-refractivity contribution < 1.29 is 13.1 Å². The lowest BCUT2D eigenvalue weighted by molar-refractivity contribution is -0.647. The predicted octanol–water partition coefficient (Wildman–Crippen LogP) is 4.80. The molecule has 0 N–H and O–H groups in total. The van der Waals surface area contributed by atoms with Gasteiger partial charge in [0.1, 0.15) is 5.25 Å². The maximum atomic E-state index is 13.5. The third-order valence-corrected chi connectivity index (χ3v) is 7.35. The molecule has 0 amide bonds. The predicted molar refractivity (Wildman–Crippen MR) is 109 cm³/mol. The number of rotatable bonds is 5. The van der Waals surface area contributed by atoms with Crippen LogP contribution in [-0.4, -0.2) is 8.42 Å². The number of hydrogen-bond acceptors (Lipinski definition) is 3. The Kier molecular flexibility index (Phi) is 5.89. The van der Waals surface area contributed by atoms with E-state index in [-0.39, 0.29) is 11.4 Å². The first-order valence-electron chi connectivity index (χ1n) is 8.22. The van der Waals surface area contributed by atoms with Crippen molar-refractivity contribution in [2.45, 2.75) is 23.6 Å². The second-order valence-corrected chi connectivity index (χ2v) is 9.58. The molecule has 1 unspecified atom stereocenters. The van der Waals surface area contributed by atoms with E-state index in [0.717, 1.165) is 10.0 Å². The Morgan fingerprint density at radius 2 is 1.81 bits per heavy atom. The van der Waals surface area contributed by atoms with E-state index in [1.165, 1.54) is 12.3 Å². The number of hydrogen-bond donors (Lipinski definition) is 0. The van der Waals surface area contributed by atoms with Crippen LogP contribution in [0.25, 0.3) is 0 Å². The van der Waals surface area contributed by atoms with Gasteiger partial charge in [-0.2, -0.15) is 4.73 Å². The average Bonchev–Trinajstić information content (AvgIpc) is 2.61. The highest BCUT2D eigenvalue weighted by atomic mass is 79.9. The summed E-state index contributed by atoms with van der Waals surface area (Å²) in [7, 11) is -4.00. The minimum Gasteiger partial charge on any atom is -0.618 e. The van der Waals surface area contributed by atoms with Gasteiger partial charge in [0, 0.05) is 21.1 Å². The fourth-order valence-electron chi connectivity index (χ4n) is 3.04. The van der Waals surface area contributed by atoms with Gasteiger partial charge in [-0.3, -0.25) is 0 Å². The van der Waals surface area contributed by atoms with Crippen LogP contribution in [0.1, 0.15) is 21.9 Å². The van der Waals surface area contributed by atoms with Gasteiger partial charge in [0.05, 0.1) is 0 Å². The Morgan fingerprint density at radius 3 is 2.44 bits per heavy atom. The Balaban J connectivity index is 2.20. The Morgan fingerprint density at radius 1 is 1.11 bits per heavy atom. The Bertz CT molecular complexity index is 1050. The molecule has 27 heavy (non-hydrogen) atoms. The molecule has 0 radical (unpaired) electrons. The number of halogens is 2. The van der Waals surface area contributed by atoms with Gasteiger partial charge in [-0.1, -0.05) is 63.9 Å². The normalized spacial score (nSPS) is 12.7. The van der Waals surface area contributed by atoms with Crippen LogP contribution in [0, 0.1) is 12.1 Å². The van der Waals surface area contributed by atoms with Crippen LogP contribution in [0.3, 0.4) is 0 Å². The van der Waals surface area contributed by atoms with Crippen LogP contribution in [-0.2, 0) is 16.3 Å². The van der Waals surface area contributed by atoms with Gasteiger partial charge >= 0.3 is 5.03 Å². The molecule has 3 aromatic rings. The van der Waals surface area contributed by atoms with Gasteiger partial charge in [0.15, 0.2) is 6.20 Å². The minimum absolute atomic E-state index is 0.207. The maximum absolute atomic E-state index is 13.5. The van der Waals surface area contributed by atoms with Gasteiger partial charge in [0.2, 0.25) is 9.84 Å². The number of nitrogens with zero attached hydrogens (tertiary/aromatic N) is 1. The first kappa shape index (κ1) is 19.9. The number of benzene rings is 2. The van der Waals surface area contributed by atoms with Gasteiger partial charge in [-0.05, 0) is 42.7 Å². The number of aryl methyl sites for hydroxylation is 1. The zero-order chi connectivity index (χ0) is 19.6. The molecule has 2 aromatic carbocycles. The van der Waals surface area contributed by atoms with E-state index < -0.39 is 15.1 Å². The molecule has 0 saturated heterocycles. The van der Waals surface area contributed by atoms with E-state index in [1.807, 2.05) is 30.3 Å². The standard InChI is InChI=1S/C20H17BrClNO3S/c1-14-6-5-11-23(24)20(14)27(25,26)19(12-15-7-3-2-4-8-15)17-10-9-16(21)13-18(17)22/h2-11,13,19H,12H2,1H3. The molecule has 140 valence electrons. The maximum Gasteiger partial charge on any atom is 0.312 e. The summed E-state index contributed by atoms with van der Waals surface area (Å²) >= 11 is 9.73. The summed E-state index contributed by atoms with van der Waals surface area (Å²) in [6, 6.07) is 17.5. The van der Waals surface area contributed by atoms with Crippen molar-refractivity contribution in [2.24, 2.45) is 0 Å². The summed E-state index contributed by atoms with van der Waals surface area (Å²) in [6.07, 6.45) is 1.40. The van der Waals surface area contributed by atoms with Crippen molar-refractivity contribution in [3.8, 4) is 0 Å². The first-order chi connectivity index (χ1) is 12.8. The molecular formula is C20H17BrClNO3S. The molecule has 0 spiro atoms. The molecule has 0 aliphatic heterocycles. The molecule has 4 nitrogen and oxygen atoms in total. The summed E-state index contributed by atoms with van der Waals surface area (Å²) in [5.74, 6) is 0. The second kappa shape index (κ2) is 8.00. The molecule has 1 aromatic heterocycles. The van der Waals surface area contributed by atoms with Gasteiger partial charge in [-0.15, -0.1) is 0 Å². The van der Waals surface area contributed by atoms with Crippen molar-refractivity contribution in [1.29, 1.82) is 0 Å². The molecule has 0 bridgehead atoms. The summed E-state index contributed by atoms with van der Waals surface area (Å²) in [5, 5.41) is 11.4. The molecule has 0 fully saturated rings. The molecule has 0 saturated carbocycles. The van der Waals surface area contributed by atoms with Crippen molar-refractivity contribution in [1.82, 2.24) is 0 Å². The third kappa shape index (κ3) is 4.18. The third-order valence-electron chi connectivity index (χ3n) is 4.32. The van der Waals surface area contributed by atoms with Crippen LogP contribution < -0.4 is 4.73 Å². The quantitative estimate of drug-likeness (QED) is 0.401. The highest BCUT2D eigenvalue weighted by molar-refractivity contribution is 9.10.